The third-order valence-corrected chi connectivity index (χ3v) is 4.70. The molecule has 2 nitrogen and oxygen atoms in total. The number of hydrogen-bond acceptors (Lipinski definition) is 2. The van der Waals surface area contributed by atoms with E-state index in [4.69, 9.17) is 4.74 Å². The molecule has 0 aliphatic carbocycles. The molecule has 1 fully saturated rings. The Balaban J connectivity index is 1.61. The van der Waals surface area contributed by atoms with Crippen molar-refractivity contribution in [3.8, 4) is 5.75 Å². The van der Waals surface area contributed by atoms with E-state index in [0.29, 0.717) is 6.04 Å². The third kappa shape index (κ3) is 4.59. The zero-order valence-corrected chi connectivity index (χ0v) is 14.1. The van der Waals surface area contributed by atoms with Crippen molar-refractivity contribution >= 4 is 0 Å². The van der Waals surface area contributed by atoms with E-state index in [1.54, 1.807) is 0 Å². The maximum Gasteiger partial charge on any atom is 0.122 e. The summed E-state index contributed by atoms with van der Waals surface area (Å²) in [6, 6.07) is 19.5. The topological polar surface area (TPSA) is 12.5 Å². The molecule has 0 unspecified atom stereocenters. The maximum atomic E-state index is 6.18. The first-order valence-corrected chi connectivity index (χ1v) is 8.81. The fourth-order valence-electron chi connectivity index (χ4n) is 3.28. The highest BCUT2D eigenvalue weighted by Gasteiger charge is 2.17. The molecule has 1 aliphatic rings. The van der Waals surface area contributed by atoms with Crippen LogP contribution in [0.5, 0.6) is 5.75 Å². The van der Waals surface area contributed by atoms with E-state index in [9.17, 15) is 0 Å². The van der Waals surface area contributed by atoms with Crippen molar-refractivity contribution in [1.82, 2.24) is 4.90 Å². The van der Waals surface area contributed by atoms with Crippen molar-refractivity contribution in [2.75, 3.05) is 19.7 Å². The van der Waals surface area contributed by atoms with Gasteiger partial charge in [0, 0.05) is 12.5 Å². The standard InChI is InChI=1S/C21H27NO/c1-18(22-14-8-3-9-15-22)17-23-21-13-7-6-12-20(21)16-19-10-4-2-5-11-19/h2,4-7,10-13,18H,3,8-9,14-17H2,1H3/t18-/m1/s1. The van der Waals surface area contributed by atoms with E-state index in [2.05, 4.69) is 66.4 Å². The van der Waals surface area contributed by atoms with Crippen LogP contribution in [-0.2, 0) is 6.42 Å². The van der Waals surface area contributed by atoms with Crippen molar-refractivity contribution in [3.63, 3.8) is 0 Å². The van der Waals surface area contributed by atoms with Gasteiger partial charge in [-0.05, 0) is 50.0 Å². The lowest BCUT2D eigenvalue weighted by atomic mass is 10.0. The van der Waals surface area contributed by atoms with Gasteiger partial charge in [0.15, 0.2) is 0 Å². The second-order valence-electron chi connectivity index (χ2n) is 6.53. The lowest BCUT2D eigenvalue weighted by molar-refractivity contribution is 0.124. The summed E-state index contributed by atoms with van der Waals surface area (Å²) in [4.78, 5) is 2.56. The summed E-state index contributed by atoms with van der Waals surface area (Å²) in [7, 11) is 0. The molecule has 0 amide bonds. The predicted octanol–water partition coefficient (Wildman–Crippen LogP) is 4.53. The monoisotopic (exact) mass is 309 g/mol. The van der Waals surface area contributed by atoms with Gasteiger partial charge in [-0.1, -0.05) is 55.0 Å². The first-order valence-electron chi connectivity index (χ1n) is 8.81. The van der Waals surface area contributed by atoms with Crippen LogP contribution in [-0.4, -0.2) is 30.6 Å². The Morgan fingerprint density at radius 1 is 0.913 bits per heavy atom. The summed E-state index contributed by atoms with van der Waals surface area (Å²) in [5, 5.41) is 0. The number of nitrogens with zero attached hydrogens (tertiary/aromatic N) is 1. The molecule has 1 saturated heterocycles. The summed E-state index contributed by atoms with van der Waals surface area (Å²) < 4.78 is 6.18. The van der Waals surface area contributed by atoms with Crippen molar-refractivity contribution in [2.45, 2.75) is 38.6 Å². The van der Waals surface area contributed by atoms with Gasteiger partial charge >= 0.3 is 0 Å². The van der Waals surface area contributed by atoms with E-state index >= 15 is 0 Å². The van der Waals surface area contributed by atoms with Crippen molar-refractivity contribution in [3.05, 3.63) is 65.7 Å². The Hall–Kier alpha value is -1.80. The number of ether oxygens (including phenoxy) is 1. The number of likely N-dealkylation sites (tertiary alicyclic amines) is 1. The average Bonchev–Trinajstić information content (AvgIpc) is 2.62. The minimum Gasteiger partial charge on any atom is -0.492 e. The summed E-state index contributed by atoms with van der Waals surface area (Å²) >= 11 is 0. The first-order chi connectivity index (χ1) is 11.3. The molecule has 2 heteroatoms. The van der Waals surface area contributed by atoms with Gasteiger partial charge < -0.3 is 4.74 Å². The third-order valence-electron chi connectivity index (χ3n) is 4.70. The Morgan fingerprint density at radius 3 is 2.39 bits per heavy atom. The molecule has 122 valence electrons. The zero-order valence-electron chi connectivity index (χ0n) is 14.1. The molecule has 0 saturated carbocycles. The number of piperidine rings is 1. The summed E-state index contributed by atoms with van der Waals surface area (Å²) in [6.07, 6.45) is 4.96. The van der Waals surface area contributed by atoms with Crippen LogP contribution in [0.3, 0.4) is 0 Å². The molecule has 2 aromatic rings. The Labute approximate surface area is 140 Å². The number of benzene rings is 2. The molecule has 0 spiro atoms. The highest BCUT2D eigenvalue weighted by Crippen LogP contribution is 2.22. The van der Waals surface area contributed by atoms with Gasteiger partial charge in [-0.25, -0.2) is 0 Å². The fourth-order valence-corrected chi connectivity index (χ4v) is 3.28. The fraction of sp³-hybridized carbons (Fsp3) is 0.429. The number of rotatable bonds is 6. The minimum atomic E-state index is 0.486. The summed E-state index contributed by atoms with van der Waals surface area (Å²) in [5.74, 6) is 1.03. The molecule has 23 heavy (non-hydrogen) atoms. The molecule has 0 N–H and O–H groups in total. The van der Waals surface area contributed by atoms with Crippen LogP contribution in [0.1, 0.15) is 37.3 Å². The number of hydrogen-bond donors (Lipinski definition) is 0. The van der Waals surface area contributed by atoms with Crippen LogP contribution in [0.2, 0.25) is 0 Å². The van der Waals surface area contributed by atoms with Gasteiger partial charge in [0.25, 0.3) is 0 Å². The zero-order chi connectivity index (χ0) is 15.9. The van der Waals surface area contributed by atoms with E-state index in [1.165, 1.54) is 43.5 Å². The highest BCUT2D eigenvalue weighted by atomic mass is 16.5. The normalized spacial score (nSPS) is 16.9. The lowest BCUT2D eigenvalue weighted by Gasteiger charge is -2.32. The summed E-state index contributed by atoms with van der Waals surface area (Å²) in [5.41, 5.74) is 2.59. The van der Waals surface area contributed by atoms with Crippen LogP contribution < -0.4 is 4.74 Å². The second kappa shape index (κ2) is 8.16. The van der Waals surface area contributed by atoms with Crippen LogP contribution in [0.15, 0.2) is 54.6 Å². The van der Waals surface area contributed by atoms with Gasteiger partial charge in [-0.3, -0.25) is 4.90 Å². The Kier molecular flexibility index (Phi) is 5.71. The Bertz CT molecular complexity index is 590. The van der Waals surface area contributed by atoms with Gasteiger partial charge in [-0.2, -0.15) is 0 Å². The largest absolute Gasteiger partial charge is 0.492 e. The SMILES string of the molecule is C[C@H](COc1ccccc1Cc1ccccc1)N1CCCCC1. The van der Waals surface area contributed by atoms with Crippen molar-refractivity contribution in [2.24, 2.45) is 0 Å². The van der Waals surface area contributed by atoms with E-state index < -0.39 is 0 Å². The average molecular weight is 309 g/mol. The molecular weight excluding hydrogens is 282 g/mol. The van der Waals surface area contributed by atoms with Crippen molar-refractivity contribution in [1.29, 1.82) is 0 Å². The summed E-state index contributed by atoms with van der Waals surface area (Å²) in [6.45, 7) is 5.49. The highest BCUT2D eigenvalue weighted by molar-refractivity contribution is 5.37. The molecule has 2 aromatic carbocycles. The van der Waals surface area contributed by atoms with E-state index in [0.717, 1.165) is 18.8 Å². The predicted molar refractivity (Wildman–Crippen MR) is 96.1 cm³/mol. The smallest absolute Gasteiger partial charge is 0.122 e. The van der Waals surface area contributed by atoms with Crippen LogP contribution in [0.4, 0.5) is 0 Å². The molecule has 1 atom stereocenters. The second-order valence-corrected chi connectivity index (χ2v) is 6.53. The van der Waals surface area contributed by atoms with E-state index in [1.807, 2.05) is 0 Å². The van der Waals surface area contributed by atoms with Crippen molar-refractivity contribution < 1.29 is 4.74 Å². The molecule has 3 rings (SSSR count). The Morgan fingerprint density at radius 2 is 1.61 bits per heavy atom. The molecular formula is C21H27NO. The van der Waals surface area contributed by atoms with E-state index in [-0.39, 0.29) is 0 Å². The first kappa shape index (κ1) is 16.1. The minimum absolute atomic E-state index is 0.486. The quantitative estimate of drug-likeness (QED) is 0.777. The molecule has 1 heterocycles. The van der Waals surface area contributed by atoms with Gasteiger partial charge in [0.2, 0.25) is 0 Å². The van der Waals surface area contributed by atoms with Gasteiger partial charge in [0.1, 0.15) is 12.4 Å². The molecule has 0 radical (unpaired) electrons. The van der Waals surface area contributed by atoms with Crippen LogP contribution in [0.25, 0.3) is 0 Å². The molecule has 0 bridgehead atoms. The van der Waals surface area contributed by atoms with Crippen LogP contribution in [0, 0.1) is 0 Å². The van der Waals surface area contributed by atoms with Gasteiger partial charge in [0.05, 0.1) is 0 Å². The lowest BCUT2D eigenvalue weighted by Crippen LogP contribution is -2.40. The van der Waals surface area contributed by atoms with Crippen LogP contribution >= 0.6 is 0 Å². The molecule has 1 aliphatic heterocycles. The maximum absolute atomic E-state index is 6.18. The number of para-hydroxylation sites is 1. The molecule has 0 aromatic heterocycles. The van der Waals surface area contributed by atoms with Gasteiger partial charge in [-0.15, -0.1) is 0 Å².